The number of aromatic nitrogens is 2. The summed E-state index contributed by atoms with van der Waals surface area (Å²) in [4.78, 5) is 12.3. The van der Waals surface area contributed by atoms with Crippen molar-refractivity contribution in [3.8, 4) is 0 Å². The first-order valence-electron chi connectivity index (χ1n) is 12.8. The van der Waals surface area contributed by atoms with Crippen LogP contribution in [0.4, 0.5) is 5.95 Å². The second-order valence-corrected chi connectivity index (χ2v) is 9.27. The molecule has 1 N–H and O–H groups in total. The highest BCUT2D eigenvalue weighted by molar-refractivity contribution is 5.56. The topological polar surface area (TPSA) is 41.1 Å². The lowest BCUT2D eigenvalue weighted by atomic mass is 9.63. The van der Waals surface area contributed by atoms with Gasteiger partial charge in [-0.05, 0) is 35.6 Å². The second-order valence-electron chi connectivity index (χ2n) is 9.27. The number of rotatable bonds is 8. The first-order valence-corrected chi connectivity index (χ1v) is 12.8. The fourth-order valence-electron chi connectivity index (χ4n) is 5.53. The molecule has 0 spiro atoms. The molecule has 1 saturated heterocycles. The lowest BCUT2D eigenvalue weighted by Gasteiger charge is -2.49. The highest BCUT2D eigenvalue weighted by Crippen LogP contribution is 2.45. The van der Waals surface area contributed by atoms with Crippen LogP contribution in [0.15, 0.2) is 103 Å². The fraction of sp³-hybridized carbons (Fsp3) is 0.290. The molecular weight excluding hydrogens is 428 g/mol. The molecule has 1 aromatic heterocycles. The molecule has 2 heterocycles. The molecule has 1 atom stereocenters. The Labute approximate surface area is 209 Å². The zero-order valence-electron chi connectivity index (χ0n) is 20.5. The summed E-state index contributed by atoms with van der Waals surface area (Å²) in [5.41, 5.74) is 4.55. The minimum atomic E-state index is -0.403. The van der Waals surface area contributed by atoms with Gasteiger partial charge >= 0.3 is 0 Å². The predicted molar refractivity (Wildman–Crippen MR) is 144 cm³/mol. The number of anilines is 1. The zero-order chi connectivity index (χ0) is 23.9. The number of hydrogen-bond donors (Lipinski definition) is 1. The van der Waals surface area contributed by atoms with E-state index in [4.69, 9.17) is 9.97 Å². The molecule has 1 aliphatic rings. The monoisotopic (exact) mass is 462 g/mol. The van der Waals surface area contributed by atoms with Crippen molar-refractivity contribution in [3.63, 3.8) is 0 Å². The summed E-state index contributed by atoms with van der Waals surface area (Å²) in [6.45, 7) is 4.83. The minimum absolute atomic E-state index is 0.0878. The van der Waals surface area contributed by atoms with Crippen molar-refractivity contribution in [2.45, 2.75) is 37.6 Å². The van der Waals surface area contributed by atoms with E-state index in [1.807, 2.05) is 6.20 Å². The summed E-state index contributed by atoms with van der Waals surface area (Å²) in [5.74, 6) is 0.831. The SMILES string of the molecule is CCCCc1ccnc(N2CCNCC2C(c2ccccc2)(c2ccccc2)c2ccccc2)n1. The van der Waals surface area contributed by atoms with E-state index < -0.39 is 5.41 Å². The molecule has 0 radical (unpaired) electrons. The molecule has 4 heteroatoms. The van der Waals surface area contributed by atoms with Crippen molar-refractivity contribution in [3.05, 3.63) is 126 Å². The number of piperazine rings is 1. The van der Waals surface area contributed by atoms with Gasteiger partial charge in [0, 0.05) is 31.5 Å². The van der Waals surface area contributed by atoms with Crippen molar-refractivity contribution < 1.29 is 0 Å². The molecule has 0 amide bonds. The number of unbranched alkanes of at least 4 members (excludes halogenated alkanes) is 1. The van der Waals surface area contributed by atoms with E-state index in [1.54, 1.807) is 0 Å². The van der Waals surface area contributed by atoms with Crippen LogP contribution in [0.25, 0.3) is 0 Å². The van der Waals surface area contributed by atoms with Crippen LogP contribution < -0.4 is 10.2 Å². The maximum Gasteiger partial charge on any atom is 0.225 e. The van der Waals surface area contributed by atoms with E-state index in [-0.39, 0.29) is 6.04 Å². The second kappa shape index (κ2) is 10.8. The van der Waals surface area contributed by atoms with Gasteiger partial charge < -0.3 is 10.2 Å². The normalized spacial score (nSPS) is 16.3. The Morgan fingerprint density at radius 1 is 0.829 bits per heavy atom. The first-order chi connectivity index (χ1) is 17.3. The third-order valence-corrected chi connectivity index (χ3v) is 7.17. The van der Waals surface area contributed by atoms with Crippen LogP contribution in [0.5, 0.6) is 0 Å². The van der Waals surface area contributed by atoms with Crippen molar-refractivity contribution >= 4 is 5.95 Å². The standard InChI is InChI=1S/C31H34N4/c1-2-3-19-28-20-21-33-30(34-28)35-23-22-32-24-29(35)31(25-13-7-4-8-14-25,26-15-9-5-10-16-26)27-17-11-6-12-18-27/h4-18,20-21,29,32H,2-3,19,22-24H2,1H3. The molecule has 35 heavy (non-hydrogen) atoms. The van der Waals surface area contributed by atoms with Crippen LogP contribution in [0, 0.1) is 0 Å². The smallest absolute Gasteiger partial charge is 0.225 e. The largest absolute Gasteiger partial charge is 0.334 e. The molecule has 0 bridgehead atoms. The molecule has 4 aromatic rings. The summed E-state index contributed by atoms with van der Waals surface area (Å²) < 4.78 is 0. The van der Waals surface area contributed by atoms with Gasteiger partial charge in [-0.15, -0.1) is 0 Å². The number of hydrogen-bond acceptors (Lipinski definition) is 4. The Balaban J connectivity index is 1.73. The van der Waals surface area contributed by atoms with E-state index in [9.17, 15) is 0 Å². The van der Waals surface area contributed by atoms with E-state index in [1.165, 1.54) is 16.7 Å². The lowest BCUT2D eigenvalue weighted by Crippen LogP contribution is -2.62. The van der Waals surface area contributed by atoms with Crippen molar-refractivity contribution in [2.24, 2.45) is 0 Å². The Kier molecular flexibility index (Phi) is 7.20. The van der Waals surface area contributed by atoms with E-state index >= 15 is 0 Å². The van der Waals surface area contributed by atoms with Gasteiger partial charge in [0.1, 0.15) is 0 Å². The molecule has 1 aliphatic heterocycles. The molecular formula is C31H34N4. The van der Waals surface area contributed by atoms with Gasteiger partial charge in [-0.2, -0.15) is 0 Å². The third kappa shape index (κ3) is 4.59. The van der Waals surface area contributed by atoms with Crippen molar-refractivity contribution in [1.82, 2.24) is 15.3 Å². The van der Waals surface area contributed by atoms with E-state index in [2.05, 4.69) is 114 Å². The number of benzene rings is 3. The molecule has 0 aliphatic carbocycles. The van der Waals surface area contributed by atoms with Gasteiger partial charge in [0.2, 0.25) is 5.95 Å². The number of aryl methyl sites for hydroxylation is 1. The van der Waals surface area contributed by atoms with Gasteiger partial charge in [0.15, 0.2) is 0 Å². The summed E-state index contributed by atoms with van der Waals surface area (Å²) in [5, 5.41) is 3.70. The Morgan fingerprint density at radius 2 is 1.40 bits per heavy atom. The molecule has 1 fully saturated rings. The number of nitrogens with one attached hydrogen (secondary N) is 1. The van der Waals surface area contributed by atoms with Gasteiger partial charge in [-0.3, -0.25) is 0 Å². The highest BCUT2D eigenvalue weighted by atomic mass is 15.3. The predicted octanol–water partition coefficient (Wildman–Crippen LogP) is 5.63. The fourth-order valence-corrected chi connectivity index (χ4v) is 5.53. The average Bonchev–Trinajstić information content (AvgIpc) is 2.95. The highest BCUT2D eigenvalue weighted by Gasteiger charge is 2.47. The maximum absolute atomic E-state index is 5.07. The quantitative estimate of drug-likeness (QED) is 0.345. The van der Waals surface area contributed by atoms with Gasteiger partial charge in [-0.25, -0.2) is 9.97 Å². The Morgan fingerprint density at radius 3 is 1.94 bits per heavy atom. The van der Waals surface area contributed by atoms with Crippen molar-refractivity contribution in [1.29, 1.82) is 0 Å². The first kappa shape index (κ1) is 23.3. The van der Waals surface area contributed by atoms with Crippen LogP contribution >= 0.6 is 0 Å². The lowest BCUT2D eigenvalue weighted by molar-refractivity contribution is 0.375. The van der Waals surface area contributed by atoms with Crippen LogP contribution in [0.2, 0.25) is 0 Å². The third-order valence-electron chi connectivity index (χ3n) is 7.17. The van der Waals surface area contributed by atoms with Gasteiger partial charge in [0.25, 0.3) is 0 Å². The average molecular weight is 463 g/mol. The summed E-state index contributed by atoms with van der Waals surface area (Å²) in [6.07, 6.45) is 5.23. The Bertz CT molecular complexity index is 1100. The van der Waals surface area contributed by atoms with Crippen LogP contribution in [0.1, 0.15) is 42.1 Å². The summed E-state index contributed by atoms with van der Waals surface area (Å²) >= 11 is 0. The van der Waals surface area contributed by atoms with E-state index in [0.717, 1.165) is 50.5 Å². The molecule has 0 saturated carbocycles. The van der Waals surface area contributed by atoms with Crippen LogP contribution in [0.3, 0.4) is 0 Å². The van der Waals surface area contributed by atoms with Crippen LogP contribution in [-0.4, -0.2) is 35.6 Å². The number of nitrogens with zero attached hydrogens (tertiary/aromatic N) is 3. The summed E-state index contributed by atoms with van der Waals surface area (Å²) in [6, 6.07) is 35.0. The van der Waals surface area contributed by atoms with Gasteiger partial charge in [0.05, 0.1) is 11.5 Å². The molecule has 178 valence electrons. The maximum atomic E-state index is 5.07. The Hall–Kier alpha value is -3.50. The van der Waals surface area contributed by atoms with Gasteiger partial charge in [-0.1, -0.05) is 104 Å². The molecule has 5 rings (SSSR count). The van der Waals surface area contributed by atoms with E-state index in [0.29, 0.717) is 0 Å². The van der Waals surface area contributed by atoms with Crippen molar-refractivity contribution in [2.75, 3.05) is 24.5 Å². The molecule has 1 unspecified atom stereocenters. The molecule has 3 aromatic carbocycles. The zero-order valence-corrected chi connectivity index (χ0v) is 20.5. The molecule has 4 nitrogen and oxygen atoms in total. The van der Waals surface area contributed by atoms with Crippen LogP contribution in [-0.2, 0) is 11.8 Å². The minimum Gasteiger partial charge on any atom is -0.334 e. The summed E-state index contributed by atoms with van der Waals surface area (Å²) in [7, 11) is 0.